The zero-order valence-electron chi connectivity index (χ0n) is 20.5. The molecule has 9 nitrogen and oxygen atoms in total. The van der Waals surface area contributed by atoms with Gasteiger partial charge in [-0.05, 0) is 58.7 Å². The Balaban J connectivity index is 1.52. The molecule has 0 spiro atoms. The summed E-state index contributed by atoms with van der Waals surface area (Å²) in [5, 5.41) is 7.19. The molecule has 0 radical (unpaired) electrons. The molecule has 1 aromatic carbocycles. The second-order valence-electron chi connectivity index (χ2n) is 8.45. The number of primary amides is 1. The summed E-state index contributed by atoms with van der Waals surface area (Å²) in [6.45, 7) is 1.84. The van der Waals surface area contributed by atoms with E-state index in [0.717, 1.165) is 15.8 Å². The van der Waals surface area contributed by atoms with E-state index in [1.165, 1.54) is 18.3 Å². The molecule has 3 N–H and O–H groups in total. The van der Waals surface area contributed by atoms with Gasteiger partial charge in [0.2, 0.25) is 0 Å². The van der Waals surface area contributed by atoms with Crippen molar-refractivity contribution in [1.29, 1.82) is 0 Å². The highest BCUT2D eigenvalue weighted by Gasteiger charge is 2.27. The standard InChI is InChI=1S/C26H20BrF2N5O4S/c1-12-15(10-31-34(12)2)14-9-17(23(28)29)32-26-20(14)21(22(39-26)24(30)35)33-25(36)19-8-7-13(38-19)11-37-18-6-4-3-5-16(18)27/h3-10,23H,11H2,1-2H3,(H2,30,35)(H,33,36). The summed E-state index contributed by atoms with van der Waals surface area (Å²) in [6.07, 6.45) is -1.33. The van der Waals surface area contributed by atoms with Gasteiger partial charge in [-0.2, -0.15) is 5.10 Å². The van der Waals surface area contributed by atoms with Crippen LogP contribution < -0.4 is 15.8 Å². The third-order valence-electron chi connectivity index (χ3n) is 5.99. The fourth-order valence-corrected chi connectivity index (χ4v) is 5.37. The van der Waals surface area contributed by atoms with Crippen LogP contribution in [0, 0.1) is 6.92 Å². The molecule has 0 saturated carbocycles. The van der Waals surface area contributed by atoms with Crippen molar-refractivity contribution < 1.29 is 27.5 Å². The van der Waals surface area contributed by atoms with Gasteiger partial charge in [0.25, 0.3) is 18.2 Å². The minimum atomic E-state index is -2.86. The van der Waals surface area contributed by atoms with Gasteiger partial charge in [0, 0.05) is 23.7 Å². The van der Waals surface area contributed by atoms with Gasteiger partial charge in [0.05, 0.1) is 16.4 Å². The Hall–Kier alpha value is -4.10. The van der Waals surface area contributed by atoms with E-state index in [2.05, 4.69) is 31.3 Å². The molecule has 39 heavy (non-hydrogen) atoms. The molecule has 0 aliphatic heterocycles. The summed E-state index contributed by atoms with van der Waals surface area (Å²) in [4.78, 5) is 29.7. The summed E-state index contributed by atoms with van der Waals surface area (Å²) in [6, 6.07) is 11.6. The first-order valence-electron chi connectivity index (χ1n) is 11.5. The lowest BCUT2D eigenvalue weighted by molar-refractivity contribution is 0.0992. The molecule has 0 fully saturated rings. The van der Waals surface area contributed by atoms with Gasteiger partial charge >= 0.3 is 0 Å². The molecule has 0 aliphatic rings. The normalized spacial score (nSPS) is 11.3. The second-order valence-corrected chi connectivity index (χ2v) is 10.3. The number of fused-ring (bicyclic) bond motifs is 1. The molecule has 200 valence electrons. The number of aromatic nitrogens is 3. The number of nitrogens with two attached hydrogens (primary N) is 1. The Bertz CT molecular complexity index is 1730. The number of hydrogen-bond donors (Lipinski definition) is 2. The Morgan fingerprint density at radius 3 is 2.67 bits per heavy atom. The monoisotopic (exact) mass is 615 g/mol. The van der Waals surface area contributed by atoms with Crippen LogP contribution >= 0.6 is 27.3 Å². The molecule has 0 unspecified atom stereocenters. The van der Waals surface area contributed by atoms with Crippen molar-refractivity contribution in [2.75, 3.05) is 5.32 Å². The van der Waals surface area contributed by atoms with Crippen LogP contribution in [0.25, 0.3) is 21.3 Å². The van der Waals surface area contributed by atoms with Crippen LogP contribution in [0.4, 0.5) is 14.5 Å². The van der Waals surface area contributed by atoms with E-state index in [1.807, 2.05) is 18.2 Å². The number of furan rings is 1. The van der Waals surface area contributed by atoms with Gasteiger partial charge in [-0.15, -0.1) is 11.3 Å². The highest BCUT2D eigenvalue weighted by Crippen LogP contribution is 2.43. The van der Waals surface area contributed by atoms with E-state index < -0.39 is 23.9 Å². The predicted octanol–water partition coefficient (Wildman–Crippen LogP) is 6.23. The number of hydrogen-bond acceptors (Lipinski definition) is 7. The number of rotatable bonds is 8. The summed E-state index contributed by atoms with van der Waals surface area (Å²) < 4.78 is 41.2. The van der Waals surface area contributed by atoms with Crippen LogP contribution in [0.2, 0.25) is 0 Å². The Kier molecular flexibility index (Phi) is 7.19. The first-order valence-corrected chi connectivity index (χ1v) is 13.1. The average molecular weight is 616 g/mol. The van der Waals surface area contributed by atoms with Gasteiger partial charge in [0.1, 0.15) is 33.5 Å². The number of para-hydroxylation sites is 1. The van der Waals surface area contributed by atoms with Crippen molar-refractivity contribution in [1.82, 2.24) is 14.8 Å². The van der Waals surface area contributed by atoms with E-state index in [-0.39, 0.29) is 27.8 Å². The number of aryl methyl sites for hydroxylation is 1. The number of pyridine rings is 1. The second kappa shape index (κ2) is 10.6. The van der Waals surface area contributed by atoms with Crippen molar-refractivity contribution in [3.8, 4) is 16.9 Å². The molecule has 4 heterocycles. The first-order chi connectivity index (χ1) is 18.6. The zero-order chi connectivity index (χ0) is 27.8. The third kappa shape index (κ3) is 5.14. The number of nitrogens with zero attached hydrogens (tertiary/aromatic N) is 3. The average Bonchev–Trinajstić information content (AvgIpc) is 3.61. The van der Waals surface area contributed by atoms with Crippen molar-refractivity contribution >= 4 is 55.0 Å². The van der Waals surface area contributed by atoms with E-state index >= 15 is 0 Å². The number of alkyl halides is 2. The lowest BCUT2D eigenvalue weighted by Gasteiger charge is -2.10. The molecule has 0 bridgehead atoms. The highest BCUT2D eigenvalue weighted by molar-refractivity contribution is 9.10. The molecule has 0 saturated heterocycles. The lowest BCUT2D eigenvalue weighted by atomic mass is 10.0. The summed E-state index contributed by atoms with van der Waals surface area (Å²) in [5.74, 6) is -0.577. The quantitative estimate of drug-likeness (QED) is 0.213. The number of thiophene rings is 1. The number of carbonyl (C=O) groups excluding carboxylic acids is 2. The SMILES string of the molecule is Cc1c(-c2cc(C(F)F)nc3sc(C(N)=O)c(NC(=O)c4ccc(COc5ccccc5Br)o4)c23)cnn1C. The first kappa shape index (κ1) is 26.5. The molecule has 5 rings (SSSR count). The number of halogens is 3. The zero-order valence-corrected chi connectivity index (χ0v) is 22.9. The molecule has 4 aromatic heterocycles. The maximum atomic E-state index is 13.7. The maximum absolute atomic E-state index is 13.7. The van der Waals surface area contributed by atoms with Crippen molar-refractivity contribution in [2.24, 2.45) is 12.8 Å². The Morgan fingerprint density at radius 2 is 2.00 bits per heavy atom. The number of anilines is 1. The van der Waals surface area contributed by atoms with Gasteiger partial charge in [-0.25, -0.2) is 13.8 Å². The van der Waals surface area contributed by atoms with E-state index in [0.29, 0.717) is 33.7 Å². The predicted molar refractivity (Wildman–Crippen MR) is 145 cm³/mol. The fraction of sp³-hybridized carbons (Fsp3) is 0.154. The Morgan fingerprint density at radius 1 is 1.23 bits per heavy atom. The number of ether oxygens (including phenoxy) is 1. The Labute approximate surface area is 232 Å². The van der Waals surface area contributed by atoms with Crippen LogP contribution in [0.1, 0.15) is 43.8 Å². The molecular formula is C26H20BrF2N5O4S. The summed E-state index contributed by atoms with van der Waals surface area (Å²) in [5.41, 5.74) is 6.76. The van der Waals surface area contributed by atoms with Gasteiger partial charge < -0.3 is 20.2 Å². The maximum Gasteiger partial charge on any atom is 0.291 e. The van der Waals surface area contributed by atoms with Crippen molar-refractivity contribution in [3.63, 3.8) is 0 Å². The van der Waals surface area contributed by atoms with Crippen LogP contribution in [0.15, 0.2) is 57.6 Å². The van der Waals surface area contributed by atoms with E-state index in [4.69, 9.17) is 14.9 Å². The number of benzene rings is 1. The van der Waals surface area contributed by atoms with Crippen LogP contribution in [-0.2, 0) is 13.7 Å². The molecule has 2 amide bonds. The molecule has 13 heteroatoms. The minimum Gasteiger partial charge on any atom is -0.484 e. The van der Waals surface area contributed by atoms with Crippen molar-refractivity contribution in [2.45, 2.75) is 20.0 Å². The molecular weight excluding hydrogens is 596 g/mol. The largest absolute Gasteiger partial charge is 0.484 e. The molecule has 0 aliphatic carbocycles. The van der Waals surface area contributed by atoms with Gasteiger partial charge in [-0.1, -0.05) is 12.1 Å². The number of carbonyl (C=O) groups is 2. The van der Waals surface area contributed by atoms with Crippen LogP contribution in [0.5, 0.6) is 5.75 Å². The van der Waals surface area contributed by atoms with E-state index in [1.54, 1.807) is 30.8 Å². The van der Waals surface area contributed by atoms with Gasteiger partial charge in [-0.3, -0.25) is 14.3 Å². The summed E-state index contributed by atoms with van der Waals surface area (Å²) >= 11 is 4.22. The smallest absolute Gasteiger partial charge is 0.291 e. The van der Waals surface area contributed by atoms with E-state index in [9.17, 15) is 18.4 Å². The number of amides is 2. The highest BCUT2D eigenvalue weighted by atomic mass is 79.9. The topological polar surface area (TPSA) is 125 Å². The van der Waals surface area contributed by atoms with Crippen molar-refractivity contribution in [3.05, 3.63) is 80.9 Å². The fourth-order valence-electron chi connectivity index (χ4n) is 3.96. The van der Waals surface area contributed by atoms with Crippen LogP contribution in [-0.4, -0.2) is 26.6 Å². The summed E-state index contributed by atoms with van der Waals surface area (Å²) in [7, 11) is 1.71. The molecule has 0 atom stereocenters. The molecule has 5 aromatic rings. The van der Waals surface area contributed by atoms with Crippen LogP contribution in [0.3, 0.4) is 0 Å². The third-order valence-corrected chi connectivity index (χ3v) is 7.74. The minimum absolute atomic E-state index is 0.0379. The number of nitrogens with one attached hydrogen (secondary N) is 1. The lowest BCUT2D eigenvalue weighted by Crippen LogP contribution is -2.16. The van der Waals surface area contributed by atoms with Gasteiger partial charge in [0.15, 0.2) is 5.76 Å².